The Morgan fingerprint density at radius 3 is 2.11 bits per heavy atom. The molecule has 0 unspecified atom stereocenters. The van der Waals surface area contributed by atoms with Crippen molar-refractivity contribution in [3.05, 3.63) is 29.8 Å². The summed E-state index contributed by atoms with van der Waals surface area (Å²) in [6.45, 7) is 9.55. The first-order valence-electron chi connectivity index (χ1n) is 9.74. The Morgan fingerprint density at radius 2 is 1.61 bits per heavy atom. The molecule has 156 valence electrons. The summed E-state index contributed by atoms with van der Waals surface area (Å²) in [7, 11) is -3.57. The average Bonchev–Trinajstić information content (AvgIpc) is 2.66. The highest BCUT2D eigenvalue weighted by Crippen LogP contribution is 2.21. The molecule has 0 spiro atoms. The molecule has 2 atom stereocenters. The van der Waals surface area contributed by atoms with Gasteiger partial charge in [0.2, 0.25) is 10.0 Å². The van der Waals surface area contributed by atoms with Crippen molar-refractivity contribution in [2.24, 2.45) is 11.8 Å². The van der Waals surface area contributed by atoms with E-state index in [4.69, 9.17) is 4.74 Å². The van der Waals surface area contributed by atoms with E-state index < -0.39 is 16.0 Å². The lowest BCUT2D eigenvalue weighted by Gasteiger charge is -2.34. The summed E-state index contributed by atoms with van der Waals surface area (Å²) in [4.78, 5) is 26.4. The Labute approximate surface area is 167 Å². The minimum absolute atomic E-state index is 0.125. The van der Waals surface area contributed by atoms with Gasteiger partial charge in [-0.1, -0.05) is 27.7 Å². The fourth-order valence-corrected chi connectivity index (χ4v) is 5.10. The van der Waals surface area contributed by atoms with Crippen LogP contribution in [-0.2, 0) is 19.6 Å². The van der Waals surface area contributed by atoms with Gasteiger partial charge in [0, 0.05) is 26.2 Å². The van der Waals surface area contributed by atoms with Crippen molar-refractivity contribution in [3.63, 3.8) is 0 Å². The van der Waals surface area contributed by atoms with Crippen molar-refractivity contribution < 1.29 is 22.7 Å². The quantitative estimate of drug-likeness (QED) is 0.645. The first-order valence-corrected chi connectivity index (χ1v) is 11.2. The lowest BCUT2D eigenvalue weighted by molar-refractivity contribution is -0.137. The average molecular weight is 411 g/mol. The van der Waals surface area contributed by atoms with E-state index >= 15 is 0 Å². The molecule has 7 nitrogen and oxygen atoms in total. The van der Waals surface area contributed by atoms with E-state index in [0.717, 1.165) is 6.42 Å². The minimum Gasteiger partial charge on any atom is -0.452 e. The monoisotopic (exact) mass is 410 g/mol. The van der Waals surface area contributed by atoms with Crippen molar-refractivity contribution in [2.75, 3.05) is 32.8 Å². The molecular formula is C20H30N2O5S. The molecule has 1 saturated heterocycles. The smallest absolute Gasteiger partial charge is 0.338 e. The molecule has 1 aliphatic rings. The number of carbonyl (C=O) groups is 2. The number of carbonyl (C=O) groups excluding carboxylic acids is 2. The molecule has 1 aliphatic heterocycles. The van der Waals surface area contributed by atoms with Crippen LogP contribution in [0.15, 0.2) is 29.2 Å². The van der Waals surface area contributed by atoms with Crippen LogP contribution in [0.3, 0.4) is 0 Å². The third-order valence-electron chi connectivity index (χ3n) is 4.98. The Kier molecular flexibility index (Phi) is 7.60. The summed E-state index contributed by atoms with van der Waals surface area (Å²) in [5.41, 5.74) is 0.215. The number of amides is 1. The van der Waals surface area contributed by atoms with Crippen LogP contribution < -0.4 is 0 Å². The highest BCUT2D eigenvalue weighted by Gasteiger charge is 2.26. The Morgan fingerprint density at radius 1 is 1.07 bits per heavy atom. The topological polar surface area (TPSA) is 84.0 Å². The molecular weight excluding hydrogens is 380 g/mol. The number of nitrogens with zero attached hydrogens (tertiary/aromatic N) is 2. The Hall–Kier alpha value is -1.93. The number of sulfonamides is 1. The second-order valence-electron chi connectivity index (χ2n) is 7.43. The summed E-state index contributed by atoms with van der Waals surface area (Å²) >= 11 is 0. The van der Waals surface area contributed by atoms with E-state index in [9.17, 15) is 18.0 Å². The van der Waals surface area contributed by atoms with Gasteiger partial charge in [-0.25, -0.2) is 13.2 Å². The number of ether oxygens (including phenoxy) is 1. The first kappa shape index (κ1) is 22.4. The summed E-state index contributed by atoms with van der Waals surface area (Å²) < 4.78 is 31.4. The van der Waals surface area contributed by atoms with E-state index in [2.05, 4.69) is 13.8 Å². The third-order valence-corrected chi connectivity index (χ3v) is 7.05. The molecule has 0 bridgehead atoms. The van der Waals surface area contributed by atoms with Crippen LogP contribution >= 0.6 is 0 Å². The van der Waals surface area contributed by atoms with Gasteiger partial charge in [-0.3, -0.25) is 4.79 Å². The maximum atomic E-state index is 12.5. The molecule has 0 saturated carbocycles. The molecule has 0 aromatic heterocycles. The molecule has 8 heteroatoms. The molecule has 0 aliphatic carbocycles. The molecule has 1 fully saturated rings. The standard InChI is InChI=1S/C20H30N2O5S/c1-5-22(6-2)28(25,26)18-9-7-17(8-10-18)20(24)27-14-19(23)21-12-15(3)11-16(4)13-21/h7-10,15-16H,5-6,11-14H2,1-4H3/t15-,16+. The van der Waals surface area contributed by atoms with Gasteiger partial charge in [-0.05, 0) is 42.5 Å². The van der Waals surface area contributed by atoms with Gasteiger partial charge in [-0.2, -0.15) is 4.31 Å². The summed E-state index contributed by atoms with van der Waals surface area (Å²) in [5.74, 6) is 0.0260. The summed E-state index contributed by atoms with van der Waals surface area (Å²) in [5, 5.41) is 0. The number of likely N-dealkylation sites (tertiary alicyclic amines) is 1. The van der Waals surface area contributed by atoms with Crippen molar-refractivity contribution in [1.29, 1.82) is 0 Å². The molecule has 1 amide bonds. The van der Waals surface area contributed by atoms with Crippen LogP contribution in [0.5, 0.6) is 0 Å². The second-order valence-corrected chi connectivity index (χ2v) is 9.37. The molecule has 0 radical (unpaired) electrons. The summed E-state index contributed by atoms with van der Waals surface area (Å²) in [6, 6.07) is 5.60. The number of hydrogen-bond acceptors (Lipinski definition) is 5. The highest BCUT2D eigenvalue weighted by molar-refractivity contribution is 7.89. The second kappa shape index (κ2) is 9.52. The zero-order valence-electron chi connectivity index (χ0n) is 17.1. The highest BCUT2D eigenvalue weighted by atomic mass is 32.2. The zero-order valence-corrected chi connectivity index (χ0v) is 17.9. The number of benzene rings is 1. The van der Waals surface area contributed by atoms with E-state index in [0.29, 0.717) is 38.0 Å². The van der Waals surface area contributed by atoms with Crippen LogP contribution in [0.1, 0.15) is 44.5 Å². The fourth-order valence-electron chi connectivity index (χ4n) is 3.64. The molecule has 1 aromatic carbocycles. The van der Waals surface area contributed by atoms with E-state index in [1.165, 1.54) is 28.6 Å². The van der Waals surface area contributed by atoms with Crippen molar-refractivity contribution in [2.45, 2.75) is 39.0 Å². The molecule has 28 heavy (non-hydrogen) atoms. The van der Waals surface area contributed by atoms with Gasteiger partial charge < -0.3 is 9.64 Å². The van der Waals surface area contributed by atoms with Gasteiger partial charge in [0.1, 0.15) is 0 Å². The first-order chi connectivity index (χ1) is 13.2. The van der Waals surface area contributed by atoms with Gasteiger partial charge in [0.15, 0.2) is 6.61 Å². The van der Waals surface area contributed by atoms with Gasteiger partial charge >= 0.3 is 5.97 Å². The number of piperidine rings is 1. The van der Waals surface area contributed by atoms with Crippen LogP contribution in [0.4, 0.5) is 0 Å². The fraction of sp³-hybridized carbons (Fsp3) is 0.600. The summed E-state index contributed by atoms with van der Waals surface area (Å²) in [6.07, 6.45) is 1.09. The van der Waals surface area contributed by atoms with Crippen molar-refractivity contribution >= 4 is 21.9 Å². The van der Waals surface area contributed by atoms with Crippen LogP contribution in [0.2, 0.25) is 0 Å². The van der Waals surface area contributed by atoms with Crippen LogP contribution in [-0.4, -0.2) is 62.3 Å². The zero-order chi connectivity index (χ0) is 20.9. The normalized spacial score (nSPS) is 20.2. The van der Waals surface area contributed by atoms with Gasteiger partial charge in [0.05, 0.1) is 10.5 Å². The van der Waals surface area contributed by atoms with Crippen LogP contribution in [0, 0.1) is 11.8 Å². The van der Waals surface area contributed by atoms with Crippen molar-refractivity contribution in [1.82, 2.24) is 9.21 Å². The van der Waals surface area contributed by atoms with E-state index in [1.807, 2.05) is 0 Å². The Balaban J connectivity index is 1.97. The number of rotatable bonds is 7. The van der Waals surface area contributed by atoms with Crippen molar-refractivity contribution in [3.8, 4) is 0 Å². The number of esters is 1. The molecule has 1 heterocycles. The van der Waals surface area contributed by atoms with E-state index in [-0.39, 0.29) is 23.0 Å². The van der Waals surface area contributed by atoms with Gasteiger partial charge in [-0.15, -0.1) is 0 Å². The SMILES string of the molecule is CCN(CC)S(=O)(=O)c1ccc(C(=O)OCC(=O)N2C[C@H](C)C[C@H](C)C2)cc1. The third kappa shape index (κ3) is 5.32. The predicted octanol–water partition coefficient (Wildman–Crippen LogP) is 2.38. The van der Waals surface area contributed by atoms with Gasteiger partial charge in [0.25, 0.3) is 5.91 Å². The number of hydrogen-bond donors (Lipinski definition) is 0. The predicted molar refractivity (Wildman–Crippen MR) is 106 cm³/mol. The largest absolute Gasteiger partial charge is 0.452 e. The van der Waals surface area contributed by atoms with E-state index in [1.54, 1.807) is 18.7 Å². The molecule has 1 aromatic rings. The lowest BCUT2D eigenvalue weighted by atomic mass is 9.92. The van der Waals surface area contributed by atoms with Crippen LogP contribution in [0.25, 0.3) is 0 Å². The molecule has 0 N–H and O–H groups in total. The maximum absolute atomic E-state index is 12.5. The molecule has 2 rings (SSSR count). The minimum atomic E-state index is -3.57. The lowest BCUT2D eigenvalue weighted by Crippen LogP contribution is -2.44. The Bertz CT molecular complexity index is 777. The maximum Gasteiger partial charge on any atom is 0.338 e.